The molecule has 33 heavy (non-hydrogen) atoms. The highest BCUT2D eigenvalue weighted by Gasteiger charge is 2.49. The topological polar surface area (TPSA) is 34.6 Å². The first-order valence-electron chi connectivity index (χ1n) is 12.4. The minimum atomic E-state index is -2.15. The van der Waals surface area contributed by atoms with Crippen molar-refractivity contribution in [2.24, 2.45) is 5.92 Å². The zero-order valence-electron chi connectivity index (χ0n) is 21.9. The highest BCUT2D eigenvalue weighted by atomic mass is 28.4. The van der Waals surface area contributed by atoms with E-state index in [2.05, 4.69) is 85.7 Å². The van der Waals surface area contributed by atoms with Crippen LogP contribution in [0.1, 0.15) is 72.8 Å². The lowest BCUT2D eigenvalue weighted by atomic mass is 9.97. The van der Waals surface area contributed by atoms with E-state index in [0.717, 1.165) is 22.8 Å². The summed E-state index contributed by atoms with van der Waals surface area (Å²) >= 11 is 0. The number of hydroxylamine groups is 1. The molecule has 0 saturated carbocycles. The van der Waals surface area contributed by atoms with Crippen LogP contribution in [0.4, 0.5) is 5.82 Å². The molecule has 0 bridgehead atoms. The Labute approximate surface area is 202 Å². The van der Waals surface area contributed by atoms with Gasteiger partial charge in [-0.05, 0) is 53.2 Å². The summed E-state index contributed by atoms with van der Waals surface area (Å²) in [5.41, 5.74) is 3.57. The van der Waals surface area contributed by atoms with E-state index in [-0.39, 0.29) is 18.1 Å². The lowest BCUT2D eigenvalue weighted by Crippen LogP contribution is -2.52. The second-order valence-electron chi connectivity index (χ2n) is 10.6. The molecule has 0 N–H and O–H groups in total. The Morgan fingerprint density at radius 2 is 1.45 bits per heavy atom. The van der Waals surface area contributed by atoms with Crippen molar-refractivity contribution in [1.82, 2.24) is 4.98 Å². The first kappa shape index (κ1) is 25.5. The van der Waals surface area contributed by atoms with Gasteiger partial charge in [0.2, 0.25) is 0 Å². The SMILES string of the molecule is Cc1cccc(N2O[C@@H](c3ccccc3)C=C(O[Si](C(C)C)(C(C)C)C(C)C)[C@H]2C(C)C)n1. The third-order valence-electron chi connectivity index (χ3n) is 6.95. The molecule has 1 aliphatic heterocycles. The number of rotatable bonds is 8. The standard InChI is InChI=1S/C28H42N2O2Si/c1-19(2)28-26(32-33(20(3)4,21(5)6)22(7)8)18-25(24-15-11-10-12-16-24)31-30(28)27-17-13-14-23(9)29-27/h10-22,25,28H,1-9H3/t25-,28-/m1/s1. The lowest BCUT2D eigenvalue weighted by Gasteiger charge is -2.48. The second-order valence-corrected chi connectivity index (χ2v) is 16.0. The number of pyridine rings is 1. The van der Waals surface area contributed by atoms with E-state index >= 15 is 0 Å². The summed E-state index contributed by atoms with van der Waals surface area (Å²) in [6.07, 6.45) is 2.00. The van der Waals surface area contributed by atoms with Crippen molar-refractivity contribution in [2.45, 2.75) is 91.1 Å². The molecule has 0 fully saturated rings. The van der Waals surface area contributed by atoms with Gasteiger partial charge in [0.25, 0.3) is 8.32 Å². The Bertz CT molecular complexity index is 918. The minimum Gasteiger partial charge on any atom is -0.544 e. The summed E-state index contributed by atoms with van der Waals surface area (Å²) < 4.78 is 7.32. The fraction of sp³-hybridized carbons (Fsp3) is 0.536. The van der Waals surface area contributed by atoms with E-state index in [1.165, 1.54) is 0 Å². The van der Waals surface area contributed by atoms with Crippen LogP contribution in [0.5, 0.6) is 0 Å². The van der Waals surface area contributed by atoms with E-state index < -0.39 is 8.32 Å². The van der Waals surface area contributed by atoms with Gasteiger partial charge >= 0.3 is 0 Å². The molecule has 5 heteroatoms. The van der Waals surface area contributed by atoms with Crippen molar-refractivity contribution in [2.75, 3.05) is 5.06 Å². The fourth-order valence-electron chi connectivity index (χ4n) is 5.48. The van der Waals surface area contributed by atoms with Crippen LogP contribution in [0.25, 0.3) is 0 Å². The molecule has 0 saturated heterocycles. The summed E-state index contributed by atoms with van der Waals surface area (Å²) in [5, 5.41) is 2.00. The Hall–Kier alpha value is -2.11. The summed E-state index contributed by atoms with van der Waals surface area (Å²) in [5.74, 6) is 2.15. The van der Waals surface area contributed by atoms with Gasteiger partial charge in [0.15, 0.2) is 5.82 Å². The normalized spacial score (nSPS) is 19.5. The van der Waals surface area contributed by atoms with E-state index in [1.54, 1.807) is 0 Å². The van der Waals surface area contributed by atoms with Gasteiger partial charge in [0, 0.05) is 5.69 Å². The Morgan fingerprint density at radius 1 is 0.848 bits per heavy atom. The Morgan fingerprint density at radius 3 is 1.97 bits per heavy atom. The quantitative estimate of drug-likeness (QED) is 0.369. The van der Waals surface area contributed by atoms with Crippen LogP contribution >= 0.6 is 0 Å². The van der Waals surface area contributed by atoms with E-state index in [0.29, 0.717) is 16.6 Å². The number of aryl methyl sites for hydroxylation is 1. The van der Waals surface area contributed by atoms with Crippen molar-refractivity contribution in [3.63, 3.8) is 0 Å². The van der Waals surface area contributed by atoms with Gasteiger partial charge in [-0.3, -0.25) is 4.84 Å². The fourth-order valence-corrected chi connectivity index (χ4v) is 10.8. The second kappa shape index (κ2) is 10.4. The highest BCUT2D eigenvalue weighted by molar-refractivity contribution is 6.77. The van der Waals surface area contributed by atoms with Crippen LogP contribution in [0, 0.1) is 12.8 Å². The molecule has 3 rings (SSSR count). The number of aromatic nitrogens is 1. The molecular weight excluding hydrogens is 424 g/mol. The van der Waals surface area contributed by atoms with Crippen LogP contribution in [-0.4, -0.2) is 19.3 Å². The molecule has 0 spiro atoms. The zero-order valence-corrected chi connectivity index (χ0v) is 22.9. The van der Waals surface area contributed by atoms with E-state index in [1.807, 2.05) is 36.3 Å². The molecule has 1 aromatic heterocycles. The summed E-state index contributed by atoms with van der Waals surface area (Å²) in [6, 6.07) is 16.5. The van der Waals surface area contributed by atoms with E-state index in [4.69, 9.17) is 14.2 Å². The van der Waals surface area contributed by atoms with Crippen LogP contribution in [0.2, 0.25) is 16.6 Å². The van der Waals surface area contributed by atoms with Crippen molar-refractivity contribution < 1.29 is 9.26 Å². The predicted molar refractivity (Wildman–Crippen MR) is 141 cm³/mol. The zero-order chi connectivity index (χ0) is 24.3. The molecule has 180 valence electrons. The van der Waals surface area contributed by atoms with Gasteiger partial charge in [-0.1, -0.05) is 91.8 Å². The smallest absolute Gasteiger partial charge is 0.258 e. The van der Waals surface area contributed by atoms with Crippen molar-refractivity contribution in [1.29, 1.82) is 0 Å². The molecule has 2 atom stereocenters. The number of anilines is 1. The number of nitrogens with zero attached hydrogens (tertiary/aromatic N) is 2. The highest BCUT2D eigenvalue weighted by Crippen LogP contribution is 2.46. The van der Waals surface area contributed by atoms with Crippen LogP contribution < -0.4 is 5.06 Å². The van der Waals surface area contributed by atoms with Gasteiger partial charge in [-0.2, -0.15) is 0 Å². The van der Waals surface area contributed by atoms with Gasteiger partial charge in [0.05, 0.1) is 0 Å². The molecular formula is C28H42N2O2Si. The van der Waals surface area contributed by atoms with Crippen LogP contribution in [-0.2, 0) is 9.26 Å². The maximum Gasteiger partial charge on any atom is 0.258 e. The molecule has 0 unspecified atom stereocenters. The van der Waals surface area contributed by atoms with Crippen molar-refractivity contribution in [3.8, 4) is 0 Å². The predicted octanol–water partition coefficient (Wildman–Crippen LogP) is 7.98. The first-order valence-corrected chi connectivity index (χ1v) is 14.6. The Balaban J connectivity index is 2.17. The first-order chi connectivity index (χ1) is 15.6. The number of benzene rings is 1. The Kier molecular flexibility index (Phi) is 8.07. The van der Waals surface area contributed by atoms with E-state index in [9.17, 15) is 0 Å². The summed E-state index contributed by atoms with van der Waals surface area (Å²) in [4.78, 5) is 11.5. The largest absolute Gasteiger partial charge is 0.544 e. The molecule has 2 heterocycles. The molecule has 4 nitrogen and oxygen atoms in total. The third-order valence-corrected chi connectivity index (χ3v) is 13.0. The molecule has 2 aromatic rings. The summed E-state index contributed by atoms with van der Waals surface area (Å²) in [7, 11) is -2.15. The maximum absolute atomic E-state index is 7.32. The van der Waals surface area contributed by atoms with Gasteiger partial charge in [-0.25, -0.2) is 10.0 Å². The lowest BCUT2D eigenvalue weighted by molar-refractivity contribution is 0.0134. The van der Waals surface area contributed by atoms with Gasteiger partial charge in [-0.15, -0.1) is 0 Å². The monoisotopic (exact) mass is 466 g/mol. The molecule has 1 aromatic carbocycles. The van der Waals surface area contributed by atoms with Gasteiger partial charge in [0.1, 0.15) is 17.9 Å². The molecule has 0 aliphatic carbocycles. The average molecular weight is 467 g/mol. The van der Waals surface area contributed by atoms with Crippen LogP contribution in [0.15, 0.2) is 60.4 Å². The minimum absolute atomic E-state index is 0.0395. The van der Waals surface area contributed by atoms with Crippen molar-refractivity contribution in [3.05, 3.63) is 71.6 Å². The maximum atomic E-state index is 7.32. The molecule has 0 radical (unpaired) electrons. The molecule has 1 aliphatic rings. The van der Waals surface area contributed by atoms with Crippen molar-refractivity contribution >= 4 is 14.1 Å². The summed E-state index contributed by atoms with van der Waals surface area (Å²) in [6.45, 7) is 20.5. The molecule has 0 amide bonds. The number of hydrogen-bond donors (Lipinski definition) is 0. The average Bonchev–Trinajstić information content (AvgIpc) is 2.76. The number of hydrogen-bond acceptors (Lipinski definition) is 4. The van der Waals surface area contributed by atoms with Crippen LogP contribution in [0.3, 0.4) is 0 Å². The van der Waals surface area contributed by atoms with Gasteiger partial charge < -0.3 is 4.43 Å². The third kappa shape index (κ3) is 5.20.